The molecule has 1 aromatic heterocycles. The van der Waals surface area contributed by atoms with Crippen molar-refractivity contribution in [2.75, 3.05) is 0 Å². The van der Waals surface area contributed by atoms with Gasteiger partial charge in [-0.05, 0) is 24.5 Å². The van der Waals surface area contributed by atoms with Crippen molar-refractivity contribution in [1.82, 2.24) is 9.15 Å². The molecule has 6 rings (SSSR count). The summed E-state index contributed by atoms with van der Waals surface area (Å²) in [4.78, 5) is 10.0. The molecule has 1 aliphatic heterocycles. The minimum atomic E-state index is -0.125. The maximum atomic E-state index is 10.0. The predicted molar refractivity (Wildman–Crippen MR) is 140 cm³/mol. The molecule has 1 N–H and O–H groups in total. The summed E-state index contributed by atoms with van der Waals surface area (Å²) in [5.74, 6) is -0.0625. The Morgan fingerprint density at radius 3 is 2.17 bits per heavy atom. The topological polar surface area (TPSA) is 56.5 Å². The van der Waals surface area contributed by atoms with Gasteiger partial charge in [0.05, 0.1) is 11.3 Å². The van der Waals surface area contributed by atoms with Gasteiger partial charge >= 0.3 is 6.01 Å². The Balaban J connectivity index is 0.000000338. The van der Waals surface area contributed by atoms with E-state index in [9.17, 15) is 4.79 Å². The summed E-state index contributed by atoms with van der Waals surface area (Å²) in [5.41, 5.74) is 5.76. The summed E-state index contributed by atoms with van der Waals surface area (Å²) in [6, 6.07) is 37.6. The average Bonchev–Trinajstić information content (AvgIpc) is 3.43. The first-order valence-corrected chi connectivity index (χ1v) is 11.2. The van der Waals surface area contributed by atoms with Gasteiger partial charge in [-0.2, -0.15) is 12.1 Å². The number of furan rings is 1. The molecule has 4 aromatic carbocycles. The van der Waals surface area contributed by atoms with Crippen molar-refractivity contribution in [3.05, 3.63) is 109 Å². The summed E-state index contributed by atoms with van der Waals surface area (Å²) in [5, 5.41) is 10.6. The quantitative estimate of drug-likeness (QED) is 0.0948. The van der Waals surface area contributed by atoms with E-state index < -0.39 is 0 Å². The molecule has 36 heavy (non-hydrogen) atoms. The van der Waals surface area contributed by atoms with Crippen molar-refractivity contribution >= 4 is 56.5 Å². The van der Waals surface area contributed by atoms with Crippen molar-refractivity contribution in [1.29, 1.82) is 0 Å². The molecule has 5 aromatic rings. The zero-order chi connectivity index (χ0) is 24.4. The van der Waals surface area contributed by atoms with Crippen LogP contribution in [-0.2, 0) is 24.9 Å². The largest absolute Gasteiger partial charge is 0.512 e. The van der Waals surface area contributed by atoms with Gasteiger partial charge in [0.1, 0.15) is 5.58 Å². The first kappa shape index (κ1) is 25.0. The van der Waals surface area contributed by atoms with Gasteiger partial charge in [0.2, 0.25) is 5.69 Å². The van der Waals surface area contributed by atoms with Crippen LogP contribution in [0.25, 0.3) is 21.9 Å². The van der Waals surface area contributed by atoms with Crippen LogP contribution in [0.15, 0.2) is 107 Å². The van der Waals surface area contributed by atoms with Crippen LogP contribution >= 0.6 is 0 Å². The van der Waals surface area contributed by atoms with Crippen LogP contribution in [0.5, 0.6) is 0 Å². The molecule has 0 bridgehead atoms. The van der Waals surface area contributed by atoms with Crippen LogP contribution < -0.4 is 9.15 Å². The number of benzene rings is 4. The number of allylic oxidation sites excluding steroid dienone is 2. The molecule has 5 nitrogen and oxygen atoms in total. The fraction of sp³-hybridized carbons (Fsp3) is 0.0667. The van der Waals surface area contributed by atoms with Crippen molar-refractivity contribution in [3.8, 4) is 0 Å². The molecule has 0 fully saturated rings. The van der Waals surface area contributed by atoms with E-state index in [1.165, 1.54) is 19.9 Å². The molecule has 1 aliphatic rings. The summed E-state index contributed by atoms with van der Waals surface area (Å²) in [7, 11) is 0. The van der Waals surface area contributed by atoms with Gasteiger partial charge in [-0.15, -0.1) is 6.07 Å². The first-order valence-electron chi connectivity index (χ1n) is 11.2. The molecule has 2 heterocycles. The predicted octanol–water partition coefficient (Wildman–Crippen LogP) is 7.28. The van der Waals surface area contributed by atoms with Crippen LogP contribution in [0.4, 0.5) is 22.7 Å². The number of rotatable bonds is 3. The van der Waals surface area contributed by atoms with Crippen molar-refractivity contribution in [2.45, 2.75) is 13.8 Å². The molecule has 0 unspecified atom stereocenters. The molecule has 0 saturated carbocycles. The molecule has 0 spiro atoms. The molecule has 1 radical (unpaired) electrons. The molecule has 0 atom stereocenters. The molecular formula is C30H23IrN2O3+. The normalized spacial score (nSPS) is 12.2. The molecule has 179 valence electrons. The summed E-state index contributed by atoms with van der Waals surface area (Å²) >= 11 is 0. The van der Waals surface area contributed by atoms with Gasteiger partial charge in [-0.25, -0.2) is 0 Å². The summed E-state index contributed by atoms with van der Waals surface area (Å²) in [6.45, 7) is 2.85. The van der Waals surface area contributed by atoms with E-state index in [2.05, 4.69) is 53.0 Å². The second kappa shape index (κ2) is 10.7. The second-order valence-corrected chi connectivity index (χ2v) is 8.16. The minimum Gasteiger partial charge on any atom is -0.512 e. The third kappa shape index (κ3) is 4.84. The van der Waals surface area contributed by atoms with Crippen LogP contribution in [0.1, 0.15) is 13.8 Å². The SMILES string of the molecule is C1=[N+](c2ccccc2)c2ccccc2[N+]=1c1[c-]ccc2c1oc1ccccc12.CC(=O)/C=C(/C)O.[Ir]. The van der Waals surface area contributed by atoms with E-state index in [1.807, 2.05) is 59.2 Å². The Morgan fingerprint density at radius 2 is 1.50 bits per heavy atom. The monoisotopic (exact) mass is 652 g/mol. The Morgan fingerprint density at radius 1 is 0.861 bits per heavy atom. The molecule has 0 saturated heterocycles. The number of nitrogens with zero attached hydrogens (tertiary/aromatic N) is 2. The van der Waals surface area contributed by atoms with Gasteiger partial charge in [0, 0.05) is 55.8 Å². The van der Waals surface area contributed by atoms with Crippen LogP contribution in [0, 0.1) is 6.07 Å². The number of fused-ring (bicyclic) bond motifs is 4. The van der Waals surface area contributed by atoms with E-state index in [0.717, 1.165) is 44.7 Å². The number of aliphatic hydroxyl groups excluding tert-OH is 1. The summed E-state index contributed by atoms with van der Waals surface area (Å²) < 4.78 is 10.3. The standard InChI is InChI=1S/C25H15N2O.C5H8O2.Ir/c1-2-9-18(10-3-1)26-17-27(22-14-6-5-13-21(22)26)23-15-8-12-20-19-11-4-7-16-24(19)28-25(20)23;1-4(6)3-5(2)7;/h1-14,16H;3,6H,1-2H3;/q+1;;/b;4-3-;. The average molecular weight is 652 g/mol. The number of ketones is 1. The Hall–Kier alpha value is -4.08. The zero-order valence-electron chi connectivity index (χ0n) is 19.7. The fourth-order valence-corrected chi connectivity index (χ4v) is 4.13. The number of para-hydroxylation sites is 4. The van der Waals surface area contributed by atoms with Gasteiger partial charge in [-0.3, -0.25) is 4.79 Å². The van der Waals surface area contributed by atoms with Crippen molar-refractivity contribution in [3.63, 3.8) is 0 Å². The molecule has 0 amide bonds. The zero-order valence-corrected chi connectivity index (χ0v) is 22.1. The Bertz CT molecular complexity index is 1670. The minimum absolute atomic E-state index is 0. The molecule has 0 aliphatic carbocycles. The Labute approximate surface area is 222 Å². The first-order chi connectivity index (χ1) is 17.0. The number of carbonyl (C=O) groups excluding carboxylic acids is 1. The van der Waals surface area contributed by atoms with Crippen molar-refractivity contribution < 1.29 is 34.4 Å². The van der Waals surface area contributed by atoms with Gasteiger partial charge in [0.25, 0.3) is 11.4 Å². The number of aliphatic hydroxyl groups is 1. The van der Waals surface area contributed by atoms with E-state index in [0.29, 0.717) is 0 Å². The third-order valence-electron chi connectivity index (χ3n) is 5.53. The van der Waals surface area contributed by atoms with E-state index >= 15 is 0 Å². The smallest absolute Gasteiger partial charge is 0.501 e. The summed E-state index contributed by atoms with van der Waals surface area (Å²) in [6.07, 6.45) is 1.17. The maximum Gasteiger partial charge on any atom is 0.501 e. The van der Waals surface area contributed by atoms with Gasteiger partial charge in [-0.1, -0.05) is 58.5 Å². The van der Waals surface area contributed by atoms with Gasteiger partial charge in [0.15, 0.2) is 11.5 Å². The molecule has 6 heteroatoms. The van der Waals surface area contributed by atoms with Crippen LogP contribution in [0.3, 0.4) is 0 Å². The fourth-order valence-electron chi connectivity index (χ4n) is 4.13. The van der Waals surface area contributed by atoms with Crippen molar-refractivity contribution in [2.24, 2.45) is 0 Å². The molecular weight excluding hydrogens is 629 g/mol. The van der Waals surface area contributed by atoms with E-state index in [-0.39, 0.29) is 31.6 Å². The third-order valence-corrected chi connectivity index (χ3v) is 5.53. The van der Waals surface area contributed by atoms with E-state index in [4.69, 9.17) is 9.52 Å². The van der Waals surface area contributed by atoms with Crippen LogP contribution in [-0.4, -0.2) is 16.9 Å². The number of carbonyl (C=O) groups is 1. The number of hydrogen-bond acceptors (Lipinski definition) is 3. The number of hydrogen-bond donors (Lipinski definition) is 1. The second-order valence-electron chi connectivity index (χ2n) is 8.16. The van der Waals surface area contributed by atoms with E-state index in [1.54, 1.807) is 0 Å². The van der Waals surface area contributed by atoms with Gasteiger partial charge < -0.3 is 9.52 Å². The maximum absolute atomic E-state index is 10.0. The Kier molecular flexibility index (Phi) is 7.42. The van der Waals surface area contributed by atoms with Crippen LogP contribution in [0.2, 0.25) is 0 Å².